The van der Waals surface area contributed by atoms with Gasteiger partial charge in [0.2, 0.25) is 15.9 Å². The minimum atomic E-state index is -3.64. The molecule has 11 heteroatoms. The van der Waals surface area contributed by atoms with Crippen LogP contribution >= 0.6 is 0 Å². The standard InChI is InChI=1S/C24H27N5O5S/c1-17(30)25-18-4-7-20(8-5-18)35(31,32)29-14-12-28(13-15-29)24-11-9-22(26-27-24)21-16-19(33-2)6-10-23(21)34-3/h4-11,16H,12-15H2,1-3H3,(H,25,30). The lowest BCUT2D eigenvalue weighted by molar-refractivity contribution is -0.114. The zero-order chi connectivity index (χ0) is 25.0. The molecule has 1 N–H and O–H groups in total. The number of piperazine rings is 1. The van der Waals surface area contributed by atoms with Crippen molar-refractivity contribution in [1.82, 2.24) is 14.5 Å². The highest BCUT2D eigenvalue weighted by molar-refractivity contribution is 7.89. The Morgan fingerprint density at radius 3 is 2.20 bits per heavy atom. The predicted octanol–water partition coefficient (Wildman–Crippen LogP) is 2.63. The van der Waals surface area contributed by atoms with Gasteiger partial charge in [0.15, 0.2) is 5.82 Å². The second kappa shape index (κ2) is 10.3. The fourth-order valence-electron chi connectivity index (χ4n) is 3.87. The van der Waals surface area contributed by atoms with Crippen molar-refractivity contribution < 1.29 is 22.7 Å². The second-order valence-electron chi connectivity index (χ2n) is 7.94. The average molecular weight is 498 g/mol. The molecule has 0 atom stereocenters. The fourth-order valence-corrected chi connectivity index (χ4v) is 5.29. The number of hydrogen-bond acceptors (Lipinski definition) is 8. The summed E-state index contributed by atoms with van der Waals surface area (Å²) in [4.78, 5) is 13.4. The van der Waals surface area contributed by atoms with Crippen molar-refractivity contribution in [3.05, 3.63) is 54.6 Å². The van der Waals surface area contributed by atoms with E-state index in [9.17, 15) is 13.2 Å². The molecule has 0 bridgehead atoms. The van der Waals surface area contributed by atoms with Crippen LogP contribution in [-0.4, -0.2) is 69.2 Å². The molecular weight excluding hydrogens is 470 g/mol. The minimum absolute atomic E-state index is 0.191. The first-order chi connectivity index (χ1) is 16.8. The summed E-state index contributed by atoms with van der Waals surface area (Å²) in [6, 6.07) is 15.4. The molecular formula is C24H27N5O5S. The number of carbonyl (C=O) groups excluding carboxylic acids is 1. The van der Waals surface area contributed by atoms with Crippen molar-refractivity contribution in [2.24, 2.45) is 0 Å². The molecule has 1 fully saturated rings. The zero-order valence-corrected chi connectivity index (χ0v) is 20.6. The summed E-state index contributed by atoms with van der Waals surface area (Å²) in [5.74, 6) is 1.81. The Bertz CT molecular complexity index is 1290. The quantitative estimate of drug-likeness (QED) is 0.530. The summed E-state index contributed by atoms with van der Waals surface area (Å²) in [5, 5.41) is 11.4. The van der Waals surface area contributed by atoms with Crippen molar-refractivity contribution in [2.45, 2.75) is 11.8 Å². The van der Waals surface area contributed by atoms with Crippen LogP contribution < -0.4 is 19.7 Å². The van der Waals surface area contributed by atoms with E-state index in [-0.39, 0.29) is 10.8 Å². The van der Waals surface area contributed by atoms with Crippen LogP contribution in [0.1, 0.15) is 6.92 Å². The van der Waals surface area contributed by atoms with Crippen molar-refractivity contribution in [3.63, 3.8) is 0 Å². The van der Waals surface area contributed by atoms with Gasteiger partial charge in [0.1, 0.15) is 11.5 Å². The number of hydrogen-bond donors (Lipinski definition) is 1. The van der Waals surface area contributed by atoms with Crippen molar-refractivity contribution in [3.8, 4) is 22.8 Å². The molecule has 35 heavy (non-hydrogen) atoms. The van der Waals surface area contributed by atoms with E-state index < -0.39 is 10.0 Å². The Morgan fingerprint density at radius 1 is 0.914 bits per heavy atom. The zero-order valence-electron chi connectivity index (χ0n) is 19.8. The van der Waals surface area contributed by atoms with E-state index in [1.165, 1.54) is 23.4 Å². The number of sulfonamides is 1. The third kappa shape index (κ3) is 5.36. The van der Waals surface area contributed by atoms with Crippen LogP contribution in [-0.2, 0) is 14.8 Å². The number of methoxy groups -OCH3 is 2. The van der Waals surface area contributed by atoms with Crippen LogP contribution in [0.5, 0.6) is 11.5 Å². The largest absolute Gasteiger partial charge is 0.497 e. The number of aromatic nitrogens is 2. The molecule has 0 spiro atoms. The molecule has 0 radical (unpaired) electrons. The summed E-state index contributed by atoms with van der Waals surface area (Å²) < 4.78 is 38.3. The molecule has 3 aromatic rings. The van der Waals surface area contributed by atoms with E-state index in [0.29, 0.717) is 54.9 Å². The van der Waals surface area contributed by atoms with Crippen LogP contribution in [0, 0.1) is 0 Å². The highest BCUT2D eigenvalue weighted by Gasteiger charge is 2.29. The summed E-state index contributed by atoms with van der Waals surface area (Å²) in [5.41, 5.74) is 1.97. The highest BCUT2D eigenvalue weighted by Crippen LogP contribution is 2.32. The highest BCUT2D eigenvalue weighted by atomic mass is 32.2. The van der Waals surface area contributed by atoms with Crippen LogP contribution in [0.3, 0.4) is 0 Å². The molecule has 2 aromatic carbocycles. The summed E-state index contributed by atoms with van der Waals surface area (Å²) in [6.07, 6.45) is 0. The SMILES string of the molecule is COc1ccc(OC)c(-c2ccc(N3CCN(S(=O)(=O)c4ccc(NC(C)=O)cc4)CC3)nn2)c1. The van der Waals surface area contributed by atoms with Crippen molar-refractivity contribution >= 4 is 27.4 Å². The lowest BCUT2D eigenvalue weighted by Gasteiger charge is -2.34. The number of anilines is 2. The molecule has 4 rings (SSSR count). The molecule has 1 aliphatic rings. The maximum Gasteiger partial charge on any atom is 0.243 e. The van der Waals surface area contributed by atoms with Crippen molar-refractivity contribution in [2.75, 3.05) is 50.6 Å². The molecule has 184 valence electrons. The van der Waals surface area contributed by atoms with E-state index in [0.717, 1.165) is 5.56 Å². The maximum atomic E-state index is 13.0. The molecule has 1 saturated heterocycles. The minimum Gasteiger partial charge on any atom is -0.497 e. The van der Waals surface area contributed by atoms with Crippen molar-refractivity contribution in [1.29, 1.82) is 0 Å². The van der Waals surface area contributed by atoms with Crippen LogP contribution in [0.25, 0.3) is 11.3 Å². The van der Waals surface area contributed by atoms with Gasteiger partial charge >= 0.3 is 0 Å². The molecule has 10 nitrogen and oxygen atoms in total. The number of rotatable bonds is 7. The second-order valence-corrected chi connectivity index (χ2v) is 9.88. The topological polar surface area (TPSA) is 114 Å². The molecule has 1 aliphatic heterocycles. The number of benzene rings is 2. The third-order valence-corrected chi connectivity index (χ3v) is 7.62. The number of nitrogens with one attached hydrogen (secondary N) is 1. The Labute approximate surface area is 204 Å². The monoisotopic (exact) mass is 497 g/mol. The maximum absolute atomic E-state index is 13.0. The number of amides is 1. The Morgan fingerprint density at radius 2 is 1.63 bits per heavy atom. The molecule has 0 aliphatic carbocycles. The molecule has 0 unspecified atom stereocenters. The third-order valence-electron chi connectivity index (χ3n) is 5.71. The van der Waals surface area contributed by atoms with Gasteiger partial charge in [0.05, 0.1) is 24.8 Å². The van der Waals surface area contributed by atoms with Gasteiger partial charge in [-0.3, -0.25) is 4.79 Å². The van der Waals surface area contributed by atoms with E-state index in [4.69, 9.17) is 9.47 Å². The lowest BCUT2D eigenvalue weighted by Crippen LogP contribution is -2.49. The molecule has 1 aromatic heterocycles. The number of nitrogens with zero attached hydrogens (tertiary/aromatic N) is 4. The van der Waals surface area contributed by atoms with Crippen LogP contribution in [0.2, 0.25) is 0 Å². The summed E-state index contributed by atoms with van der Waals surface area (Å²) in [6.45, 7) is 3.02. The summed E-state index contributed by atoms with van der Waals surface area (Å²) >= 11 is 0. The first-order valence-electron chi connectivity index (χ1n) is 11.0. The summed E-state index contributed by atoms with van der Waals surface area (Å²) in [7, 11) is -0.444. The Kier molecular flexibility index (Phi) is 7.17. The van der Waals surface area contributed by atoms with Crippen LogP contribution in [0.15, 0.2) is 59.5 Å². The van der Waals surface area contributed by atoms with Gasteiger partial charge in [-0.15, -0.1) is 10.2 Å². The molecule has 1 amide bonds. The normalized spacial score (nSPS) is 14.4. The first kappa shape index (κ1) is 24.4. The smallest absolute Gasteiger partial charge is 0.243 e. The average Bonchev–Trinajstić information content (AvgIpc) is 2.88. The van der Waals surface area contributed by atoms with E-state index >= 15 is 0 Å². The Hall–Kier alpha value is -3.70. The van der Waals surface area contributed by atoms with Crippen LogP contribution in [0.4, 0.5) is 11.5 Å². The van der Waals surface area contributed by atoms with Gasteiger partial charge in [-0.05, 0) is 54.6 Å². The predicted molar refractivity (Wildman–Crippen MR) is 132 cm³/mol. The van der Waals surface area contributed by atoms with Gasteiger partial charge in [-0.2, -0.15) is 4.31 Å². The Balaban J connectivity index is 1.43. The number of ether oxygens (including phenoxy) is 2. The van der Waals surface area contributed by atoms with E-state index in [1.807, 2.05) is 35.2 Å². The van der Waals surface area contributed by atoms with Gasteiger partial charge < -0.3 is 19.7 Å². The van der Waals surface area contributed by atoms with Gasteiger partial charge in [-0.1, -0.05) is 0 Å². The van der Waals surface area contributed by atoms with Gasteiger partial charge in [0.25, 0.3) is 0 Å². The molecule has 2 heterocycles. The van der Waals surface area contributed by atoms with E-state index in [2.05, 4.69) is 15.5 Å². The van der Waals surface area contributed by atoms with E-state index in [1.54, 1.807) is 26.4 Å². The van der Waals surface area contributed by atoms with Gasteiger partial charge in [-0.25, -0.2) is 8.42 Å². The first-order valence-corrected chi connectivity index (χ1v) is 12.4. The number of carbonyl (C=O) groups is 1. The van der Waals surface area contributed by atoms with Gasteiger partial charge in [0, 0.05) is 44.4 Å². The lowest BCUT2D eigenvalue weighted by atomic mass is 10.1. The fraction of sp³-hybridized carbons (Fsp3) is 0.292. The molecule has 0 saturated carbocycles.